The highest BCUT2D eigenvalue weighted by atomic mass is 35.5. The predicted molar refractivity (Wildman–Crippen MR) is 114 cm³/mol. The number of carbonyl (C=O) groups is 3. The van der Waals surface area contributed by atoms with Crippen LogP contribution in [0.3, 0.4) is 0 Å². The lowest BCUT2D eigenvalue weighted by molar-refractivity contribution is -0.139. The number of carbonyl (C=O) groups excluding carboxylic acids is 3. The zero-order chi connectivity index (χ0) is 20.6. The SMILES string of the molecule is CC12CCC(=O)N1C(C(=O)NCC(=O)N1CCN(c3cccc(Cl)c3)CC1)CS2. The van der Waals surface area contributed by atoms with Crippen molar-refractivity contribution >= 4 is 46.8 Å². The molecule has 2 atom stereocenters. The molecule has 156 valence electrons. The first-order valence-corrected chi connectivity index (χ1v) is 11.3. The zero-order valence-corrected chi connectivity index (χ0v) is 18.0. The van der Waals surface area contributed by atoms with Gasteiger partial charge in [-0.05, 0) is 31.5 Å². The van der Waals surface area contributed by atoms with Crippen LogP contribution in [-0.2, 0) is 14.4 Å². The van der Waals surface area contributed by atoms with Gasteiger partial charge in [0.1, 0.15) is 6.04 Å². The molecule has 0 spiro atoms. The van der Waals surface area contributed by atoms with Crippen LogP contribution in [0.4, 0.5) is 5.69 Å². The first kappa shape index (κ1) is 20.3. The maximum atomic E-state index is 12.6. The van der Waals surface area contributed by atoms with E-state index in [1.807, 2.05) is 31.2 Å². The zero-order valence-electron chi connectivity index (χ0n) is 16.4. The van der Waals surface area contributed by atoms with Gasteiger partial charge in [-0.15, -0.1) is 11.8 Å². The standard InChI is InChI=1S/C20H25ClN4O3S/c1-20-6-5-17(26)25(20)16(13-29-20)19(28)22-12-18(27)24-9-7-23(8-10-24)15-4-2-3-14(21)11-15/h2-4,11,16H,5-10,12-13H2,1H3,(H,22,28). The van der Waals surface area contributed by atoms with Gasteiger partial charge in [0.05, 0.1) is 11.4 Å². The molecule has 3 aliphatic heterocycles. The van der Waals surface area contributed by atoms with E-state index in [0.29, 0.717) is 30.3 Å². The molecule has 1 N–H and O–H groups in total. The molecular formula is C20H25ClN4O3S. The van der Waals surface area contributed by atoms with E-state index in [0.717, 1.165) is 25.2 Å². The molecule has 3 aliphatic rings. The molecule has 3 saturated heterocycles. The van der Waals surface area contributed by atoms with Gasteiger partial charge in [0.25, 0.3) is 0 Å². The second-order valence-corrected chi connectivity index (χ2v) is 9.77. The van der Waals surface area contributed by atoms with Crippen molar-refractivity contribution in [1.29, 1.82) is 0 Å². The minimum absolute atomic E-state index is 0.0288. The maximum Gasteiger partial charge on any atom is 0.244 e. The average molecular weight is 437 g/mol. The van der Waals surface area contributed by atoms with Crippen LogP contribution in [0.25, 0.3) is 0 Å². The van der Waals surface area contributed by atoms with Gasteiger partial charge >= 0.3 is 0 Å². The fourth-order valence-corrected chi connectivity index (χ4v) is 5.91. The Bertz CT molecular complexity index is 830. The number of piperazine rings is 1. The van der Waals surface area contributed by atoms with Crippen molar-refractivity contribution in [2.45, 2.75) is 30.7 Å². The van der Waals surface area contributed by atoms with E-state index in [9.17, 15) is 14.4 Å². The Morgan fingerprint density at radius 3 is 2.76 bits per heavy atom. The molecule has 29 heavy (non-hydrogen) atoms. The summed E-state index contributed by atoms with van der Waals surface area (Å²) in [4.78, 5) is 42.8. The molecule has 4 rings (SSSR count). The molecule has 3 fully saturated rings. The smallest absolute Gasteiger partial charge is 0.244 e. The molecule has 0 aliphatic carbocycles. The lowest BCUT2D eigenvalue weighted by Gasteiger charge is -2.36. The highest BCUT2D eigenvalue weighted by molar-refractivity contribution is 8.01. The molecule has 2 unspecified atom stereocenters. The largest absolute Gasteiger partial charge is 0.368 e. The number of amides is 3. The molecule has 3 amide bonds. The van der Waals surface area contributed by atoms with Crippen LogP contribution in [0, 0.1) is 0 Å². The lowest BCUT2D eigenvalue weighted by atomic mass is 10.2. The van der Waals surface area contributed by atoms with Crippen LogP contribution in [0.1, 0.15) is 19.8 Å². The van der Waals surface area contributed by atoms with Gasteiger partial charge in [-0.25, -0.2) is 0 Å². The van der Waals surface area contributed by atoms with Crippen molar-refractivity contribution in [3.05, 3.63) is 29.3 Å². The minimum Gasteiger partial charge on any atom is -0.368 e. The summed E-state index contributed by atoms with van der Waals surface area (Å²) in [6, 6.07) is 7.21. The van der Waals surface area contributed by atoms with E-state index in [-0.39, 0.29) is 29.1 Å². The Morgan fingerprint density at radius 1 is 1.28 bits per heavy atom. The van der Waals surface area contributed by atoms with Gasteiger partial charge in [-0.1, -0.05) is 17.7 Å². The first-order valence-electron chi connectivity index (χ1n) is 9.89. The third kappa shape index (κ3) is 4.05. The van der Waals surface area contributed by atoms with Crippen molar-refractivity contribution in [1.82, 2.24) is 15.1 Å². The summed E-state index contributed by atoms with van der Waals surface area (Å²) in [5.74, 6) is 0.286. The predicted octanol–water partition coefficient (Wildman–Crippen LogP) is 1.56. The number of fused-ring (bicyclic) bond motifs is 1. The third-order valence-corrected chi connectivity index (χ3v) is 7.71. The Hall–Kier alpha value is -1.93. The normalized spacial score (nSPS) is 26.6. The summed E-state index contributed by atoms with van der Waals surface area (Å²) < 4.78 is 0. The van der Waals surface area contributed by atoms with E-state index < -0.39 is 6.04 Å². The molecule has 9 heteroatoms. The van der Waals surface area contributed by atoms with Gasteiger partial charge in [-0.3, -0.25) is 14.4 Å². The van der Waals surface area contributed by atoms with Gasteiger partial charge in [0, 0.05) is 49.1 Å². The number of hydrogen-bond donors (Lipinski definition) is 1. The van der Waals surface area contributed by atoms with Crippen LogP contribution >= 0.6 is 23.4 Å². The fraction of sp³-hybridized carbons (Fsp3) is 0.550. The van der Waals surface area contributed by atoms with Gasteiger partial charge < -0.3 is 20.0 Å². The molecule has 3 heterocycles. The topological polar surface area (TPSA) is 73.0 Å². The monoisotopic (exact) mass is 436 g/mol. The van der Waals surface area contributed by atoms with Crippen LogP contribution in [0.2, 0.25) is 5.02 Å². The van der Waals surface area contributed by atoms with Crippen LogP contribution in [-0.4, -0.2) is 76.9 Å². The summed E-state index contributed by atoms with van der Waals surface area (Å²) in [5.41, 5.74) is 1.05. The van der Waals surface area contributed by atoms with E-state index in [4.69, 9.17) is 11.6 Å². The number of halogens is 1. The Labute approximate surface area is 179 Å². The van der Waals surface area contributed by atoms with E-state index >= 15 is 0 Å². The fourth-order valence-electron chi connectivity index (χ4n) is 4.29. The van der Waals surface area contributed by atoms with Gasteiger partial charge in [0.15, 0.2) is 0 Å². The number of rotatable bonds is 4. The third-order valence-electron chi connectivity index (χ3n) is 5.97. The number of nitrogens with one attached hydrogen (secondary N) is 1. The van der Waals surface area contributed by atoms with Crippen molar-refractivity contribution in [2.75, 3.05) is 43.4 Å². The maximum absolute atomic E-state index is 12.6. The number of hydrogen-bond acceptors (Lipinski definition) is 5. The molecule has 0 bridgehead atoms. The molecule has 0 aromatic heterocycles. The van der Waals surface area contributed by atoms with Crippen LogP contribution < -0.4 is 10.2 Å². The Morgan fingerprint density at radius 2 is 2.03 bits per heavy atom. The van der Waals surface area contributed by atoms with E-state index in [1.54, 1.807) is 21.6 Å². The minimum atomic E-state index is -0.479. The Balaban J connectivity index is 1.26. The van der Waals surface area contributed by atoms with Crippen molar-refractivity contribution < 1.29 is 14.4 Å². The summed E-state index contributed by atoms with van der Waals surface area (Å²) in [6.07, 6.45) is 1.26. The number of nitrogens with zero attached hydrogens (tertiary/aromatic N) is 3. The van der Waals surface area contributed by atoms with Crippen LogP contribution in [0.15, 0.2) is 24.3 Å². The highest BCUT2D eigenvalue weighted by Gasteiger charge is 2.52. The summed E-state index contributed by atoms with van der Waals surface area (Å²) in [7, 11) is 0. The Kier molecular flexibility index (Phi) is 5.66. The number of benzene rings is 1. The van der Waals surface area contributed by atoms with Gasteiger partial charge in [0.2, 0.25) is 17.7 Å². The van der Waals surface area contributed by atoms with E-state index in [1.165, 1.54) is 0 Å². The quantitative estimate of drug-likeness (QED) is 0.775. The number of anilines is 1. The van der Waals surface area contributed by atoms with Crippen molar-refractivity contribution in [2.24, 2.45) is 0 Å². The first-order chi connectivity index (χ1) is 13.9. The molecule has 1 aromatic rings. The molecule has 0 saturated carbocycles. The second-order valence-electron chi connectivity index (χ2n) is 7.83. The molecular weight excluding hydrogens is 412 g/mol. The highest BCUT2D eigenvalue weighted by Crippen LogP contribution is 2.47. The molecule has 0 radical (unpaired) electrons. The van der Waals surface area contributed by atoms with Crippen LogP contribution in [0.5, 0.6) is 0 Å². The molecule has 7 nitrogen and oxygen atoms in total. The average Bonchev–Trinajstić information content (AvgIpc) is 3.22. The molecule has 1 aromatic carbocycles. The van der Waals surface area contributed by atoms with Crippen molar-refractivity contribution in [3.8, 4) is 0 Å². The van der Waals surface area contributed by atoms with Gasteiger partial charge in [-0.2, -0.15) is 0 Å². The summed E-state index contributed by atoms with van der Waals surface area (Å²) >= 11 is 7.71. The van der Waals surface area contributed by atoms with E-state index in [2.05, 4.69) is 10.2 Å². The summed E-state index contributed by atoms with van der Waals surface area (Å²) in [6.45, 7) is 4.63. The lowest BCUT2D eigenvalue weighted by Crippen LogP contribution is -2.54. The van der Waals surface area contributed by atoms with Crippen molar-refractivity contribution in [3.63, 3.8) is 0 Å². The number of thioether (sulfide) groups is 1. The second kappa shape index (κ2) is 8.07. The summed E-state index contributed by atoms with van der Waals surface area (Å²) in [5, 5.41) is 3.45.